The summed E-state index contributed by atoms with van der Waals surface area (Å²) < 4.78 is 5.26. The van der Waals surface area contributed by atoms with Gasteiger partial charge in [0, 0.05) is 44.4 Å². The lowest BCUT2D eigenvalue weighted by atomic mass is 9.89. The molecule has 0 saturated carbocycles. The van der Waals surface area contributed by atoms with Crippen LogP contribution in [-0.2, 0) is 4.74 Å². The highest BCUT2D eigenvalue weighted by atomic mass is 16.5. The molecule has 1 aliphatic heterocycles. The van der Waals surface area contributed by atoms with Crippen molar-refractivity contribution in [3.8, 4) is 0 Å². The van der Waals surface area contributed by atoms with Gasteiger partial charge in [-0.2, -0.15) is 0 Å². The molecule has 19 heavy (non-hydrogen) atoms. The highest BCUT2D eigenvalue weighted by Crippen LogP contribution is 2.25. The van der Waals surface area contributed by atoms with E-state index in [9.17, 15) is 0 Å². The van der Waals surface area contributed by atoms with Crippen LogP contribution < -0.4 is 5.32 Å². The van der Waals surface area contributed by atoms with Gasteiger partial charge in [-0.3, -0.25) is 4.90 Å². The minimum Gasteiger partial charge on any atom is -0.385 e. The van der Waals surface area contributed by atoms with Crippen molar-refractivity contribution in [1.29, 1.82) is 0 Å². The van der Waals surface area contributed by atoms with Gasteiger partial charge in [-0.15, -0.1) is 0 Å². The van der Waals surface area contributed by atoms with Crippen molar-refractivity contribution < 1.29 is 4.74 Å². The van der Waals surface area contributed by atoms with Crippen molar-refractivity contribution >= 4 is 0 Å². The van der Waals surface area contributed by atoms with Crippen LogP contribution in [0.25, 0.3) is 0 Å². The zero-order valence-electron chi connectivity index (χ0n) is 13.8. The highest BCUT2D eigenvalue weighted by molar-refractivity contribution is 4.96. The van der Waals surface area contributed by atoms with Crippen LogP contribution in [-0.4, -0.2) is 49.3 Å². The van der Waals surface area contributed by atoms with Crippen LogP contribution in [0.2, 0.25) is 0 Å². The Bertz CT molecular complexity index is 257. The first-order valence-corrected chi connectivity index (χ1v) is 7.91. The van der Waals surface area contributed by atoms with Crippen molar-refractivity contribution in [3.63, 3.8) is 0 Å². The van der Waals surface area contributed by atoms with Gasteiger partial charge in [-0.05, 0) is 39.0 Å². The molecule has 0 spiro atoms. The van der Waals surface area contributed by atoms with Gasteiger partial charge in [-0.1, -0.05) is 20.8 Å². The summed E-state index contributed by atoms with van der Waals surface area (Å²) in [7, 11) is 1.80. The van der Waals surface area contributed by atoms with Crippen LogP contribution in [0.1, 0.15) is 53.9 Å². The predicted octanol–water partition coefficient (Wildman–Crippen LogP) is 2.90. The summed E-state index contributed by atoms with van der Waals surface area (Å²) in [6.45, 7) is 14.8. The molecule has 114 valence electrons. The van der Waals surface area contributed by atoms with E-state index < -0.39 is 0 Å². The first kappa shape index (κ1) is 16.9. The fraction of sp³-hybridized carbons (Fsp3) is 1.00. The van der Waals surface area contributed by atoms with Crippen molar-refractivity contribution in [1.82, 2.24) is 10.2 Å². The van der Waals surface area contributed by atoms with E-state index in [0.717, 1.165) is 32.0 Å². The summed E-state index contributed by atoms with van der Waals surface area (Å²) in [6.07, 6.45) is 3.60. The van der Waals surface area contributed by atoms with Crippen molar-refractivity contribution in [2.75, 3.05) is 26.8 Å². The Kier molecular flexibility index (Phi) is 6.78. The fourth-order valence-electron chi connectivity index (χ4n) is 3.04. The van der Waals surface area contributed by atoms with E-state index in [0.29, 0.717) is 12.1 Å². The SMILES string of the molecule is CCC1(C)CN(C(C)CCOC)C(CC(C)C)CN1. The second kappa shape index (κ2) is 7.61. The van der Waals surface area contributed by atoms with E-state index in [4.69, 9.17) is 4.74 Å². The van der Waals surface area contributed by atoms with Gasteiger partial charge in [0.25, 0.3) is 0 Å². The maximum absolute atomic E-state index is 5.26. The van der Waals surface area contributed by atoms with Crippen LogP contribution in [0, 0.1) is 5.92 Å². The molecule has 1 saturated heterocycles. The summed E-state index contributed by atoms with van der Waals surface area (Å²) in [4.78, 5) is 2.72. The van der Waals surface area contributed by atoms with Crippen LogP contribution in [0.5, 0.6) is 0 Å². The van der Waals surface area contributed by atoms with E-state index in [1.165, 1.54) is 12.8 Å². The number of hydrogen-bond acceptors (Lipinski definition) is 3. The quantitative estimate of drug-likeness (QED) is 0.770. The summed E-state index contributed by atoms with van der Waals surface area (Å²) in [5.74, 6) is 0.759. The third-order valence-corrected chi connectivity index (χ3v) is 4.59. The smallest absolute Gasteiger partial charge is 0.0477 e. The molecular formula is C16H34N2O. The molecule has 0 bridgehead atoms. The maximum Gasteiger partial charge on any atom is 0.0477 e. The van der Waals surface area contributed by atoms with Crippen LogP contribution in [0.15, 0.2) is 0 Å². The Balaban J connectivity index is 2.69. The molecule has 1 N–H and O–H groups in total. The van der Waals surface area contributed by atoms with E-state index in [2.05, 4.69) is 44.8 Å². The maximum atomic E-state index is 5.26. The molecule has 0 radical (unpaired) electrons. The topological polar surface area (TPSA) is 24.5 Å². The van der Waals surface area contributed by atoms with Gasteiger partial charge < -0.3 is 10.1 Å². The van der Waals surface area contributed by atoms with Gasteiger partial charge in [0.15, 0.2) is 0 Å². The fourth-order valence-corrected chi connectivity index (χ4v) is 3.04. The van der Waals surface area contributed by atoms with Gasteiger partial charge in [-0.25, -0.2) is 0 Å². The molecule has 0 aromatic heterocycles. The summed E-state index contributed by atoms with van der Waals surface area (Å²) in [5, 5.41) is 3.77. The zero-order valence-corrected chi connectivity index (χ0v) is 13.8. The third kappa shape index (κ3) is 5.05. The van der Waals surface area contributed by atoms with E-state index in [1.54, 1.807) is 7.11 Å². The molecule has 1 fully saturated rings. The Labute approximate surface area is 120 Å². The number of ether oxygens (including phenoxy) is 1. The lowest BCUT2D eigenvalue weighted by molar-refractivity contribution is 0.0298. The predicted molar refractivity (Wildman–Crippen MR) is 82.6 cm³/mol. The van der Waals surface area contributed by atoms with E-state index >= 15 is 0 Å². The minimum absolute atomic E-state index is 0.273. The molecule has 3 atom stereocenters. The largest absolute Gasteiger partial charge is 0.385 e. The van der Waals surface area contributed by atoms with E-state index in [1.807, 2.05) is 0 Å². The van der Waals surface area contributed by atoms with E-state index in [-0.39, 0.29) is 5.54 Å². The lowest BCUT2D eigenvalue weighted by Crippen LogP contribution is -2.64. The Hall–Kier alpha value is -0.120. The minimum atomic E-state index is 0.273. The molecular weight excluding hydrogens is 236 g/mol. The summed E-state index contributed by atoms with van der Waals surface area (Å²) >= 11 is 0. The summed E-state index contributed by atoms with van der Waals surface area (Å²) in [6, 6.07) is 1.28. The standard InChI is InChI=1S/C16H34N2O/c1-7-16(5)12-18(14(4)8-9-19-6)15(11-17-16)10-13(2)3/h13-15,17H,7-12H2,1-6H3. The van der Waals surface area contributed by atoms with Crippen molar-refractivity contribution in [2.24, 2.45) is 5.92 Å². The normalized spacial score (nSPS) is 30.8. The molecule has 0 aromatic rings. The van der Waals surface area contributed by atoms with Gasteiger partial charge in [0.1, 0.15) is 0 Å². The van der Waals surface area contributed by atoms with Crippen LogP contribution >= 0.6 is 0 Å². The molecule has 3 heteroatoms. The average Bonchev–Trinajstić information content (AvgIpc) is 2.38. The second-order valence-corrected chi connectivity index (χ2v) is 6.88. The second-order valence-electron chi connectivity index (χ2n) is 6.88. The molecule has 1 heterocycles. The van der Waals surface area contributed by atoms with Crippen molar-refractivity contribution in [2.45, 2.75) is 71.5 Å². The highest BCUT2D eigenvalue weighted by Gasteiger charge is 2.36. The number of nitrogens with one attached hydrogen (secondary N) is 1. The Morgan fingerprint density at radius 1 is 1.37 bits per heavy atom. The van der Waals surface area contributed by atoms with Gasteiger partial charge in [0.05, 0.1) is 0 Å². The van der Waals surface area contributed by atoms with Crippen LogP contribution in [0.3, 0.4) is 0 Å². The monoisotopic (exact) mass is 270 g/mol. The average molecular weight is 270 g/mol. The molecule has 1 rings (SSSR count). The molecule has 0 aromatic carbocycles. The molecule has 3 unspecified atom stereocenters. The number of hydrogen-bond donors (Lipinski definition) is 1. The number of piperazine rings is 1. The van der Waals surface area contributed by atoms with Crippen LogP contribution in [0.4, 0.5) is 0 Å². The lowest BCUT2D eigenvalue weighted by Gasteiger charge is -2.49. The number of rotatable bonds is 7. The van der Waals surface area contributed by atoms with Crippen molar-refractivity contribution in [3.05, 3.63) is 0 Å². The molecule has 1 aliphatic rings. The molecule has 0 aliphatic carbocycles. The number of methoxy groups -OCH3 is 1. The van der Waals surface area contributed by atoms with Gasteiger partial charge in [0.2, 0.25) is 0 Å². The Morgan fingerprint density at radius 2 is 2.05 bits per heavy atom. The first-order valence-electron chi connectivity index (χ1n) is 7.91. The summed E-state index contributed by atoms with van der Waals surface area (Å²) in [5.41, 5.74) is 0.273. The zero-order chi connectivity index (χ0) is 14.5. The first-order chi connectivity index (χ1) is 8.91. The molecule has 0 amide bonds. The number of nitrogens with zero attached hydrogens (tertiary/aromatic N) is 1. The third-order valence-electron chi connectivity index (χ3n) is 4.59. The molecule has 3 nitrogen and oxygen atoms in total. The Morgan fingerprint density at radius 3 is 2.58 bits per heavy atom. The van der Waals surface area contributed by atoms with Gasteiger partial charge >= 0.3 is 0 Å².